The van der Waals surface area contributed by atoms with E-state index in [1.165, 1.54) is 16.7 Å². The van der Waals surface area contributed by atoms with Gasteiger partial charge in [-0.1, -0.05) is 41.6 Å². The Morgan fingerprint density at radius 3 is 2.57 bits per heavy atom. The van der Waals surface area contributed by atoms with Crippen molar-refractivity contribution in [2.45, 2.75) is 25.7 Å². The predicted molar refractivity (Wildman–Crippen MR) is 150 cm³/mol. The molecule has 0 radical (unpaired) electrons. The zero-order chi connectivity index (χ0) is 24.1. The van der Waals surface area contributed by atoms with Crippen molar-refractivity contribution in [2.75, 3.05) is 16.3 Å². The molecule has 1 amide bonds. The number of aliphatic imine (C=N–C) groups is 1. The number of para-hydroxylation sites is 1. The van der Waals surface area contributed by atoms with Gasteiger partial charge in [0.15, 0.2) is 5.17 Å². The molecule has 3 aromatic carbocycles. The van der Waals surface area contributed by atoms with Gasteiger partial charge in [-0.25, -0.2) is 9.98 Å². The molecule has 3 heterocycles. The molecule has 5 nitrogen and oxygen atoms in total. The van der Waals surface area contributed by atoms with Crippen molar-refractivity contribution in [1.29, 1.82) is 0 Å². The fourth-order valence-corrected chi connectivity index (χ4v) is 7.43. The molecule has 0 atom stereocenters. The van der Waals surface area contributed by atoms with Crippen LogP contribution in [-0.4, -0.2) is 22.6 Å². The number of anilines is 2. The quantitative estimate of drug-likeness (QED) is 0.265. The Hall–Kier alpha value is -3.07. The van der Waals surface area contributed by atoms with Crippen molar-refractivity contribution in [3.8, 4) is 0 Å². The van der Waals surface area contributed by atoms with Crippen LogP contribution in [-0.2, 0) is 4.79 Å². The molecular formula is C27H22N4OS3. The minimum Gasteiger partial charge on any atom is -0.334 e. The fraction of sp³-hybridized carbons (Fsp3) is 0.148. The topological polar surface area (TPSA) is 48.8 Å². The van der Waals surface area contributed by atoms with Crippen LogP contribution in [0.5, 0.6) is 0 Å². The van der Waals surface area contributed by atoms with Crippen LogP contribution in [0.25, 0.3) is 10.2 Å². The first-order chi connectivity index (χ1) is 17.0. The van der Waals surface area contributed by atoms with Gasteiger partial charge < -0.3 is 4.90 Å². The molecule has 0 unspecified atom stereocenters. The molecular weight excluding hydrogens is 493 g/mol. The molecule has 0 spiro atoms. The standard InChI is InChI=1S/C27H22N4OS3/c1-4-30-21-7-5-6-8-23(21)34-26(30)24-25(32)31(19-12-9-16(2)10-13-19)27(35-24)29-18-11-14-22-20(15-18)28-17(3)33-22/h5-15H,4H2,1-3H3. The summed E-state index contributed by atoms with van der Waals surface area (Å²) in [5.41, 5.74) is 4.83. The number of thiazole rings is 1. The number of rotatable bonds is 3. The number of carbonyl (C=O) groups excluding carboxylic acids is 1. The predicted octanol–water partition coefficient (Wildman–Crippen LogP) is 7.48. The summed E-state index contributed by atoms with van der Waals surface area (Å²) in [5, 5.41) is 2.65. The third kappa shape index (κ3) is 3.95. The number of amides is 1. The summed E-state index contributed by atoms with van der Waals surface area (Å²) >= 11 is 4.77. The lowest BCUT2D eigenvalue weighted by Gasteiger charge is -2.19. The van der Waals surface area contributed by atoms with Crippen LogP contribution < -0.4 is 9.80 Å². The van der Waals surface area contributed by atoms with Crippen LogP contribution in [0, 0.1) is 13.8 Å². The van der Waals surface area contributed by atoms with Gasteiger partial charge in [-0.05, 0) is 75.0 Å². The third-order valence-corrected chi connectivity index (χ3v) is 9.19. The van der Waals surface area contributed by atoms with Crippen LogP contribution in [0.4, 0.5) is 17.1 Å². The Kier molecular flexibility index (Phi) is 5.67. The largest absolute Gasteiger partial charge is 0.334 e. The lowest BCUT2D eigenvalue weighted by molar-refractivity contribution is -0.113. The van der Waals surface area contributed by atoms with E-state index >= 15 is 0 Å². The van der Waals surface area contributed by atoms with E-state index in [1.807, 2.05) is 62.4 Å². The second kappa shape index (κ2) is 8.86. The smallest absolute Gasteiger partial charge is 0.274 e. The summed E-state index contributed by atoms with van der Waals surface area (Å²) in [5.74, 6) is -0.0445. The molecule has 174 valence electrons. The molecule has 35 heavy (non-hydrogen) atoms. The number of amidine groups is 1. The number of carbonyl (C=O) groups is 1. The summed E-state index contributed by atoms with van der Waals surface area (Å²) in [6.45, 7) is 6.96. The number of aryl methyl sites for hydroxylation is 2. The summed E-state index contributed by atoms with van der Waals surface area (Å²) in [6, 6.07) is 22.4. The Morgan fingerprint density at radius 2 is 1.77 bits per heavy atom. The highest BCUT2D eigenvalue weighted by Gasteiger charge is 2.40. The number of aromatic nitrogens is 1. The van der Waals surface area contributed by atoms with E-state index in [2.05, 4.69) is 35.0 Å². The van der Waals surface area contributed by atoms with E-state index in [-0.39, 0.29) is 5.91 Å². The fourth-order valence-electron chi connectivity index (χ4n) is 4.23. The van der Waals surface area contributed by atoms with Crippen molar-refractivity contribution in [2.24, 2.45) is 4.99 Å². The average molecular weight is 515 g/mol. The van der Waals surface area contributed by atoms with Gasteiger partial charge >= 0.3 is 0 Å². The van der Waals surface area contributed by atoms with Crippen molar-refractivity contribution < 1.29 is 4.79 Å². The van der Waals surface area contributed by atoms with E-state index < -0.39 is 0 Å². The second-order valence-corrected chi connectivity index (χ2v) is 11.5. The zero-order valence-corrected chi connectivity index (χ0v) is 21.9. The SMILES string of the molecule is CCN1C(=C2SC(=Nc3ccc4sc(C)nc4c3)N(c3ccc(C)cc3)C2=O)Sc2ccccc21. The molecule has 8 heteroatoms. The maximum Gasteiger partial charge on any atom is 0.274 e. The molecule has 1 aromatic heterocycles. The van der Waals surface area contributed by atoms with Crippen LogP contribution in [0.1, 0.15) is 17.5 Å². The van der Waals surface area contributed by atoms with E-state index in [9.17, 15) is 4.79 Å². The zero-order valence-electron chi connectivity index (χ0n) is 19.5. The average Bonchev–Trinajstić information content (AvgIpc) is 3.51. The Labute approximate surface area is 216 Å². The van der Waals surface area contributed by atoms with Gasteiger partial charge in [-0.15, -0.1) is 11.3 Å². The number of thioether (sulfide) groups is 2. The van der Waals surface area contributed by atoms with E-state index in [0.29, 0.717) is 10.1 Å². The minimum absolute atomic E-state index is 0.0445. The molecule has 1 saturated heterocycles. The normalized spacial score (nSPS) is 18.8. The molecule has 0 saturated carbocycles. The Morgan fingerprint density at radius 1 is 0.971 bits per heavy atom. The first-order valence-corrected chi connectivity index (χ1v) is 13.8. The number of nitrogens with zero attached hydrogens (tertiary/aromatic N) is 4. The number of hydrogen-bond donors (Lipinski definition) is 0. The monoisotopic (exact) mass is 514 g/mol. The van der Waals surface area contributed by atoms with Crippen LogP contribution >= 0.6 is 34.9 Å². The summed E-state index contributed by atoms with van der Waals surface area (Å²) in [4.78, 5) is 29.3. The van der Waals surface area contributed by atoms with Crippen LogP contribution in [0.3, 0.4) is 0 Å². The maximum atomic E-state index is 13.9. The number of hydrogen-bond acceptors (Lipinski definition) is 7. The van der Waals surface area contributed by atoms with Gasteiger partial charge in [-0.3, -0.25) is 9.69 Å². The van der Waals surface area contributed by atoms with Crippen LogP contribution in [0.2, 0.25) is 0 Å². The second-order valence-electron chi connectivity index (χ2n) is 8.31. The van der Waals surface area contributed by atoms with Crippen molar-refractivity contribution >= 4 is 73.2 Å². The molecule has 2 aliphatic rings. The van der Waals surface area contributed by atoms with Gasteiger partial charge in [0.25, 0.3) is 5.91 Å². The lowest BCUT2D eigenvalue weighted by atomic mass is 10.2. The van der Waals surface area contributed by atoms with Gasteiger partial charge in [0.1, 0.15) is 9.93 Å². The summed E-state index contributed by atoms with van der Waals surface area (Å²) in [6.07, 6.45) is 0. The van der Waals surface area contributed by atoms with Gasteiger partial charge in [0.2, 0.25) is 0 Å². The van der Waals surface area contributed by atoms with Crippen LogP contribution in [0.15, 0.2) is 86.6 Å². The molecule has 0 aliphatic carbocycles. The van der Waals surface area contributed by atoms with Gasteiger partial charge in [0.05, 0.1) is 32.3 Å². The van der Waals surface area contributed by atoms with Gasteiger partial charge in [0, 0.05) is 11.4 Å². The van der Waals surface area contributed by atoms with Crippen molar-refractivity contribution in [3.05, 3.63) is 87.2 Å². The molecule has 0 bridgehead atoms. The number of fused-ring (bicyclic) bond motifs is 2. The maximum absolute atomic E-state index is 13.9. The molecule has 2 aliphatic heterocycles. The summed E-state index contributed by atoms with van der Waals surface area (Å²) < 4.78 is 1.14. The molecule has 1 fully saturated rings. The van der Waals surface area contributed by atoms with E-state index in [4.69, 9.17) is 4.99 Å². The van der Waals surface area contributed by atoms with Crippen molar-refractivity contribution in [1.82, 2.24) is 4.98 Å². The summed E-state index contributed by atoms with van der Waals surface area (Å²) in [7, 11) is 0. The van der Waals surface area contributed by atoms with E-state index in [1.54, 1.807) is 28.0 Å². The van der Waals surface area contributed by atoms with E-state index in [0.717, 1.165) is 49.4 Å². The Balaban J connectivity index is 1.47. The number of benzene rings is 3. The first-order valence-electron chi connectivity index (χ1n) is 11.4. The molecule has 6 rings (SSSR count). The Bertz CT molecular complexity index is 1540. The highest BCUT2D eigenvalue weighted by molar-refractivity contribution is 8.20. The molecule has 4 aromatic rings. The van der Waals surface area contributed by atoms with Crippen molar-refractivity contribution in [3.63, 3.8) is 0 Å². The molecule has 0 N–H and O–H groups in total. The highest BCUT2D eigenvalue weighted by Crippen LogP contribution is 2.51. The highest BCUT2D eigenvalue weighted by atomic mass is 32.2. The lowest BCUT2D eigenvalue weighted by Crippen LogP contribution is -2.29. The third-order valence-electron chi connectivity index (χ3n) is 5.90. The first kappa shape index (κ1) is 22.4. The minimum atomic E-state index is -0.0445. The van der Waals surface area contributed by atoms with Gasteiger partial charge in [-0.2, -0.15) is 0 Å².